The summed E-state index contributed by atoms with van der Waals surface area (Å²) in [5.41, 5.74) is 0.200. The number of phosphoric ester groups is 3. The summed E-state index contributed by atoms with van der Waals surface area (Å²) in [5.74, 6) is 0. The first-order chi connectivity index (χ1) is 24.6. The molecule has 302 valence electrons. The Kier molecular flexibility index (Phi) is 13.2. The predicted octanol–water partition coefficient (Wildman–Crippen LogP) is 0.815. The summed E-state index contributed by atoms with van der Waals surface area (Å²) in [6.45, 7) is -3.95. The average Bonchev–Trinajstić information content (AvgIpc) is 3.04. The molecule has 0 aromatic heterocycles. The summed E-state index contributed by atoms with van der Waals surface area (Å²) in [6.07, 6.45) is 0. The molecule has 0 unspecified atom stereocenters. The second kappa shape index (κ2) is 16.0. The highest BCUT2D eigenvalue weighted by Gasteiger charge is 2.34. The molecule has 0 saturated heterocycles. The normalized spacial score (nSPS) is 14.1. The molecule has 0 spiro atoms. The Labute approximate surface area is 309 Å². The van der Waals surface area contributed by atoms with Gasteiger partial charge in [0.25, 0.3) is 0 Å². The quantitative estimate of drug-likeness (QED) is 0.0506. The maximum Gasteiger partial charge on any atom is 0.469 e. The number of likely N-dealkylation sites (N-methyl/N-ethyl adjacent to an activating group) is 3. The molecule has 4 rings (SSSR count). The summed E-state index contributed by atoms with van der Waals surface area (Å²) in [4.78, 5) is 52.8. The highest BCUT2D eigenvalue weighted by Crippen LogP contribution is 2.46. The van der Waals surface area contributed by atoms with E-state index < -0.39 is 103 Å². The number of rotatable bonds is 19. The molecular weight excluding hydrogens is 845 g/mol. The van der Waals surface area contributed by atoms with Crippen molar-refractivity contribution in [3.05, 3.63) is 36.4 Å². The minimum Gasteiger partial charge on any atom is -0.388 e. The maximum absolute atomic E-state index is 14.2. The van der Waals surface area contributed by atoms with Crippen molar-refractivity contribution in [2.45, 2.75) is 14.7 Å². The molecule has 0 bridgehead atoms. The Balaban J connectivity index is 2.06. The number of anilines is 1. The van der Waals surface area contributed by atoms with E-state index in [1.807, 2.05) is 0 Å². The lowest BCUT2D eigenvalue weighted by molar-refractivity contribution is 0.187. The van der Waals surface area contributed by atoms with Crippen molar-refractivity contribution in [1.29, 1.82) is 0 Å². The van der Waals surface area contributed by atoms with Gasteiger partial charge in [-0.1, -0.05) is 24.3 Å². The van der Waals surface area contributed by atoms with Gasteiger partial charge in [0.1, 0.15) is 0 Å². The molecule has 7 N–H and O–H groups in total. The molecule has 0 atom stereocenters. The fourth-order valence-electron chi connectivity index (χ4n) is 5.47. The van der Waals surface area contributed by atoms with Gasteiger partial charge >= 0.3 is 23.5 Å². The minimum absolute atomic E-state index is 0.00505. The van der Waals surface area contributed by atoms with Crippen molar-refractivity contribution in [3.8, 4) is 0 Å². The number of hydrogen-bond donors (Lipinski definition) is 7. The van der Waals surface area contributed by atoms with Crippen molar-refractivity contribution in [1.82, 2.24) is 12.9 Å². The van der Waals surface area contributed by atoms with Crippen LogP contribution < -0.4 is 5.32 Å². The van der Waals surface area contributed by atoms with Crippen LogP contribution in [0.2, 0.25) is 0 Å². The Hall–Kier alpha value is -2.22. The van der Waals surface area contributed by atoms with E-state index >= 15 is 0 Å². The summed E-state index contributed by atoms with van der Waals surface area (Å²) < 4.78 is 133. The largest absolute Gasteiger partial charge is 0.469 e. The third-order valence-electron chi connectivity index (χ3n) is 8.12. The summed E-state index contributed by atoms with van der Waals surface area (Å²) >= 11 is 0. The van der Waals surface area contributed by atoms with E-state index in [9.17, 15) is 38.9 Å². The predicted molar refractivity (Wildman–Crippen MR) is 193 cm³/mol. The Bertz CT molecular complexity index is 2460. The second-order valence-electron chi connectivity index (χ2n) is 11.6. The SMILES string of the molecule is CNc1cc(S(=O)(=O)N(C)CCOP(=O)(O)O)c2ccc3c(S(=O)(=O)N(C)CCOP(=O)(O)O)cc(S(=O)(=O)N(C)CCOP(=O)(O)O)c4ccc1c2c43. The van der Waals surface area contributed by atoms with Crippen LogP contribution in [0.1, 0.15) is 0 Å². The van der Waals surface area contributed by atoms with Crippen LogP contribution in [0.25, 0.3) is 32.3 Å². The monoisotopic (exact) mass is 882 g/mol. The van der Waals surface area contributed by atoms with E-state index in [0.717, 1.165) is 31.5 Å². The molecule has 28 heteroatoms. The summed E-state index contributed by atoms with van der Waals surface area (Å²) in [6, 6.07) is 7.51. The topological polar surface area (TPSA) is 324 Å². The van der Waals surface area contributed by atoms with Crippen LogP contribution in [0.3, 0.4) is 0 Å². The number of phosphoric acid groups is 3. The second-order valence-corrected chi connectivity index (χ2v) is 21.3. The number of nitrogens with zero attached hydrogens (tertiary/aromatic N) is 3. The third kappa shape index (κ3) is 9.65. The summed E-state index contributed by atoms with van der Waals surface area (Å²) in [5, 5.41) is 3.07. The van der Waals surface area contributed by atoms with Gasteiger partial charge in [-0.25, -0.2) is 38.9 Å². The van der Waals surface area contributed by atoms with Gasteiger partial charge in [-0.3, -0.25) is 13.6 Å². The van der Waals surface area contributed by atoms with Crippen molar-refractivity contribution in [2.24, 2.45) is 0 Å². The molecule has 0 aliphatic rings. The molecule has 54 heavy (non-hydrogen) atoms. The zero-order valence-electron chi connectivity index (χ0n) is 28.7. The molecule has 0 heterocycles. The Morgan fingerprint density at radius 1 is 0.537 bits per heavy atom. The standard InChI is InChI=1S/C26H37N4O18P3S3/c1-27-21-15-22(52(40,41)28(2)9-12-46-49(31,32)33)18-7-8-20-24(54(44,45)30(4)11-14-48-51(37,38)39)16-23(19-6-5-17(21)25(18)26(19)20)53(42,43)29(3)10-13-47-50(34,35)36/h5-8,15-16,27H,9-14H2,1-4H3,(H2,31,32,33)(H2,34,35,36)(H2,37,38,39). The average molecular weight is 883 g/mol. The first-order valence-corrected chi connectivity index (χ1v) is 24.0. The molecule has 0 fully saturated rings. The van der Waals surface area contributed by atoms with E-state index in [2.05, 4.69) is 18.9 Å². The molecule has 22 nitrogen and oxygen atoms in total. The van der Waals surface area contributed by atoms with Gasteiger partial charge < -0.3 is 34.7 Å². The zero-order chi connectivity index (χ0) is 40.8. The first kappa shape index (κ1) is 44.5. The Morgan fingerprint density at radius 2 is 0.815 bits per heavy atom. The first-order valence-electron chi connectivity index (χ1n) is 15.1. The highest BCUT2D eigenvalue weighted by molar-refractivity contribution is 7.90. The molecule has 0 aliphatic heterocycles. The highest BCUT2D eigenvalue weighted by atomic mass is 32.2. The van der Waals surface area contributed by atoms with Crippen molar-refractivity contribution < 1.29 is 81.9 Å². The van der Waals surface area contributed by atoms with Gasteiger partial charge in [0.05, 0.1) is 34.5 Å². The minimum atomic E-state index is -5.00. The van der Waals surface area contributed by atoms with E-state index in [1.165, 1.54) is 37.4 Å². The van der Waals surface area contributed by atoms with E-state index in [-0.39, 0.29) is 37.5 Å². The lowest BCUT2D eigenvalue weighted by Crippen LogP contribution is -2.32. The molecule has 0 saturated carbocycles. The van der Waals surface area contributed by atoms with Gasteiger partial charge in [-0.2, -0.15) is 12.9 Å². The fraction of sp³-hybridized carbons (Fsp3) is 0.385. The lowest BCUT2D eigenvalue weighted by Gasteiger charge is -2.25. The molecule has 4 aromatic rings. The molecule has 0 radical (unpaired) electrons. The molecule has 4 aromatic carbocycles. The van der Waals surface area contributed by atoms with Gasteiger partial charge in [0.2, 0.25) is 30.1 Å². The Morgan fingerprint density at radius 3 is 1.11 bits per heavy atom. The molecule has 0 aliphatic carbocycles. The van der Waals surface area contributed by atoms with Crippen LogP contribution in [-0.4, -0.2) is 135 Å². The fourth-order valence-corrected chi connectivity index (χ4v) is 10.6. The molecular formula is C26H37N4O18P3S3. The van der Waals surface area contributed by atoms with Crippen LogP contribution in [0.4, 0.5) is 5.69 Å². The van der Waals surface area contributed by atoms with Crippen LogP contribution in [0, 0.1) is 0 Å². The van der Waals surface area contributed by atoms with Gasteiger partial charge in [0, 0.05) is 85.8 Å². The van der Waals surface area contributed by atoms with Crippen molar-refractivity contribution in [2.75, 3.05) is 73.0 Å². The number of benzene rings is 4. The maximum atomic E-state index is 14.2. The van der Waals surface area contributed by atoms with E-state index in [1.54, 1.807) is 0 Å². The van der Waals surface area contributed by atoms with E-state index in [0.29, 0.717) is 14.0 Å². The van der Waals surface area contributed by atoms with Crippen LogP contribution in [-0.2, 0) is 57.3 Å². The van der Waals surface area contributed by atoms with Gasteiger partial charge in [0.15, 0.2) is 0 Å². The summed E-state index contributed by atoms with van der Waals surface area (Å²) in [7, 11) is -24.2. The van der Waals surface area contributed by atoms with Gasteiger partial charge in [-0.15, -0.1) is 0 Å². The lowest BCUT2D eigenvalue weighted by atomic mass is 9.93. The van der Waals surface area contributed by atoms with Crippen LogP contribution in [0.5, 0.6) is 0 Å². The number of nitrogens with one attached hydrogen (secondary N) is 1. The zero-order valence-corrected chi connectivity index (χ0v) is 33.8. The van der Waals surface area contributed by atoms with E-state index in [4.69, 9.17) is 29.4 Å². The third-order valence-corrected chi connectivity index (χ3v) is 15.4. The number of sulfonamides is 3. The van der Waals surface area contributed by atoms with Gasteiger partial charge in [-0.05, 0) is 12.1 Å². The smallest absolute Gasteiger partial charge is 0.388 e. The van der Waals surface area contributed by atoms with Crippen molar-refractivity contribution >= 4 is 91.5 Å². The number of hydrogen-bond acceptors (Lipinski definition) is 13. The molecule has 0 amide bonds. The van der Waals surface area contributed by atoms with Crippen LogP contribution >= 0.6 is 23.5 Å². The van der Waals surface area contributed by atoms with Crippen LogP contribution in [0.15, 0.2) is 51.1 Å². The van der Waals surface area contributed by atoms with Crippen molar-refractivity contribution in [3.63, 3.8) is 0 Å².